The van der Waals surface area contributed by atoms with E-state index in [1.807, 2.05) is 54.3 Å². The molecule has 1 atom stereocenters. The summed E-state index contributed by atoms with van der Waals surface area (Å²) in [6.07, 6.45) is 6.72. The molecule has 1 aliphatic heterocycles. The number of amides is 1. The fourth-order valence-corrected chi connectivity index (χ4v) is 3.61. The molecule has 3 heterocycles. The van der Waals surface area contributed by atoms with E-state index in [0.29, 0.717) is 5.56 Å². The van der Waals surface area contributed by atoms with Crippen LogP contribution < -0.4 is 0 Å². The summed E-state index contributed by atoms with van der Waals surface area (Å²) in [4.78, 5) is 27.2. The Morgan fingerprint density at radius 3 is 2.85 bits per heavy atom. The number of hydrogen-bond acceptors (Lipinski definition) is 3. The molecule has 0 aliphatic carbocycles. The van der Waals surface area contributed by atoms with Gasteiger partial charge in [-0.05, 0) is 50.5 Å². The Morgan fingerprint density at radius 1 is 1.15 bits per heavy atom. The summed E-state index contributed by atoms with van der Waals surface area (Å²) in [6, 6.07) is 13.7. The van der Waals surface area contributed by atoms with Crippen LogP contribution in [0.5, 0.6) is 0 Å². The quantitative estimate of drug-likeness (QED) is 0.775. The first kappa shape index (κ1) is 16.5. The van der Waals surface area contributed by atoms with Crippen LogP contribution in [0, 0.1) is 6.92 Å². The summed E-state index contributed by atoms with van der Waals surface area (Å²) < 4.78 is 0. The van der Waals surface area contributed by atoms with Crippen LogP contribution in [-0.4, -0.2) is 32.3 Å². The van der Waals surface area contributed by atoms with Crippen molar-refractivity contribution >= 4 is 5.91 Å². The molecule has 0 unspecified atom stereocenters. The number of nitrogens with zero attached hydrogens (tertiary/aromatic N) is 3. The number of aromatic nitrogens is 3. The first-order valence-corrected chi connectivity index (χ1v) is 9.06. The summed E-state index contributed by atoms with van der Waals surface area (Å²) in [5.74, 6) is 0.932. The monoisotopic (exact) mass is 346 g/mol. The third-order valence-corrected chi connectivity index (χ3v) is 4.92. The molecule has 1 amide bonds. The lowest BCUT2D eigenvalue weighted by atomic mass is 9.97. The minimum atomic E-state index is 0.0514. The number of rotatable bonds is 3. The van der Waals surface area contributed by atoms with Gasteiger partial charge in [0.15, 0.2) is 0 Å². The number of benzene rings is 1. The molecule has 3 aromatic rings. The largest absolute Gasteiger partial charge is 0.342 e. The van der Waals surface area contributed by atoms with E-state index in [1.165, 1.54) is 0 Å². The molecule has 1 N–H and O–H groups in total. The van der Waals surface area contributed by atoms with Crippen LogP contribution in [-0.2, 0) is 0 Å². The van der Waals surface area contributed by atoms with Crippen LogP contribution in [0.2, 0.25) is 0 Å². The predicted molar refractivity (Wildman–Crippen MR) is 101 cm³/mol. The maximum absolute atomic E-state index is 13.2. The van der Waals surface area contributed by atoms with E-state index in [1.54, 1.807) is 12.4 Å². The summed E-state index contributed by atoms with van der Waals surface area (Å²) in [6.45, 7) is 2.69. The fourth-order valence-electron chi connectivity index (χ4n) is 3.61. The lowest BCUT2D eigenvalue weighted by Crippen LogP contribution is -2.38. The lowest BCUT2D eigenvalue weighted by Gasteiger charge is -2.35. The van der Waals surface area contributed by atoms with Gasteiger partial charge in [0, 0.05) is 23.9 Å². The molecule has 2 aromatic heterocycles. The Bertz CT molecular complexity index is 903. The van der Waals surface area contributed by atoms with Gasteiger partial charge in [0.05, 0.1) is 23.6 Å². The first-order valence-electron chi connectivity index (χ1n) is 9.06. The third-order valence-electron chi connectivity index (χ3n) is 4.92. The smallest absolute Gasteiger partial charge is 0.254 e. The van der Waals surface area contributed by atoms with Gasteiger partial charge in [-0.3, -0.25) is 9.78 Å². The maximum Gasteiger partial charge on any atom is 0.254 e. The number of likely N-dealkylation sites (tertiary alicyclic amines) is 1. The predicted octanol–water partition coefficient (Wildman–Crippen LogP) is 4.15. The molecular weight excluding hydrogens is 324 g/mol. The van der Waals surface area contributed by atoms with Crippen LogP contribution in [0.1, 0.15) is 47.2 Å². The number of imidazole rings is 1. The van der Waals surface area contributed by atoms with E-state index in [0.717, 1.165) is 48.6 Å². The average Bonchev–Trinajstić information content (AvgIpc) is 3.15. The molecule has 1 saturated heterocycles. The van der Waals surface area contributed by atoms with E-state index >= 15 is 0 Å². The number of hydrogen-bond donors (Lipinski definition) is 1. The average molecular weight is 346 g/mol. The van der Waals surface area contributed by atoms with Gasteiger partial charge in [-0.2, -0.15) is 0 Å². The number of H-pyrrole nitrogens is 1. The highest BCUT2D eigenvalue weighted by molar-refractivity contribution is 5.95. The standard InChI is InChI=1S/C21H22N4O/c1-15-23-14-19(24-15)16-7-6-8-17(13-16)21(26)25-12-5-3-10-20(25)18-9-2-4-11-22-18/h2,4,6-9,11,13-14,20H,3,5,10,12H2,1H3,(H,23,24)/t20-/m1/s1. The summed E-state index contributed by atoms with van der Waals surface area (Å²) >= 11 is 0. The molecule has 1 aliphatic rings. The van der Waals surface area contributed by atoms with E-state index < -0.39 is 0 Å². The second-order valence-electron chi connectivity index (χ2n) is 6.73. The van der Waals surface area contributed by atoms with Crippen molar-refractivity contribution < 1.29 is 4.79 Å². The van der Waals surface area contributed by atoms with Gasteiger partial charge in [-0.1, -0.05) is 18.2 Å². The number of piperidine rings is 1. The van der Waals surface area contributed by atoms with Crippen molar-refractivity contribution in [1.29, 1.82) is 0 Å². The zero-order chi connectivity index (χ0) is 17.9. The second kappa shape index (κ2) is 7.12. The number of carbonyl (C=O) groups is 1. The summed E-state index contributed by atoms with van der Waals surface area (Å²) in [5, 5.41) is 0. The number of aromatic amines is 1. The Kier molecular flexibility index (Phi) is 4.52. The molecule has 1 fully saturated rings. The summed E-state index contributed by atoms with van der Waals surface area (Å²) in [5.41, 5.74) is 3.58. The Morgan fingerprint density at radius 2 is 2.08 bits per heavy atom. The van der Waals surface area contributed by atoms with Crippen molar-refractivity contribution in [3.8, 4) is 11.3 Å². The van der Waals surface area contributed by atoms with Gasteiger partial charge in [0.1, 0.15) is 5.82 Å². The zero-order valence-corrected chi connectivity index (χ0v) is 14.9. The van der Waals surface area contributed by atoms with Crippen LogP contribution >= 0.6 is 0 Å². The molecule has 4 rings (SSSR count). The van der Waals surface area contributed by atoms with E-state index in [4.69, 9.17) is 0 Å². The van der Waals surface area contributed by atoms with Crippen molar-refractivity contribution in [1.82, 2.24) is 19.9 Å². The zero-order valence-electron chi connectivity index (χ0n) is 14.9. The van der Waals surface area contributed by atoms with Gasteiger partial charge < -0.3 is 9.88 Å². The molecule has 0 bridgehead atoms. The van der Waals surface area contributed by atoms with Crippen molar-refractivity contribution in [2.24, 2.45) is 0 Å². The van der Waals surface area contributed by atoms with Crippen LogP contribution in [0.25, 0.3) is 11.3 Å². The maximum atomic E-state index is 13.2. The lowest BCUT2D eigenvalue weighted by molar-refractivity contribution is 0.0606. The second-order valence-corrected chi connectivity index (χ2v) is 6.73. The molecule has 26 heavy (non-hydrogen) atoms. The van der Waals surface area contributed by atoms with E-state index in [-0.39, 0.29) is 11.9 Å². The van der Waals surface area contributed by atoms with Gasteiger partial charge in [-0.15, -0.1) is 0 Å². The number of nitrogens with one attached hydrogen (secondary N) is 1. The fraction of sp³-hybridized carbons (Fsp3) is 0.286. The third kappa shape index (κ3) is 3.25. The highest BCUT2D eigenvalue weighted by Crippen LogP contribution is 2.31. The van der Waals surface area contributed by atoms with Crippen LogP contribution in [0.4, 0.5) is 0 Å². The molecule has 1 aromatic carbocycles. The topological polar surface area (TPSA) is 61.9 Å². The van der Waals surface area contributed by atoms with E-state index in [9.17, 15) is 4.79 Å². The minimum absolute atomic E-state index is 0.0514. The van der Waals surface area contributed by atoms with Crippen LogP contribution in [0.15, 0.2) is 54.9 Å². The molecule has 5 nitrogen and oxygen atoms in total. The highest BCUT2D eigenvalue weighted by Gasteiger charge is 2.29. The molecular formula is C21H22N4O. The highest BCUT2D eigenvalue weighted by atomic mass is 16.2. The van der Waals surface area contributed by atoms with Crippen molar-refractivity contribution in [2.75, 3.05) is 6.54 Å². The van der Waals surface area contributed by atoms with Crippen molar-refractivity contribution in [2.45, 2.75) is 32.2 Å². The molecule has 0 saturated carbocycles. The molecule has 0 radical (unpaired) electrons. The molecule has 0 spiro atoms. The van der Waals surface area contributed by atoms with Gasteiger partial charge in [0.25, 0.3) is 5.91 Å². The van der Waals surface area contributed by atoms with Gasteiger partial charge >= 0.3 is 0 Å². The van der Waals surface area contributed by atoms with E-state index in [2.05, 4.69) is 15.0 Å². The SMILES string of the molecule is Cc1ncc(-c2cccc(C(=O)N3CCCC[C@@H]3c3ccccn3)c2)[nH]1. The molecule has 5 heteroatoms. The Labute approximate surface area is 153 Å². The number of pyridine rings is 1. The summed E-state index contributed by atoms with van der Waals surface area (Å²) in [7, 11) is 0. The van der Waals surface area contributed by atoms with Crippen LogP contribution in [0.3, 0.4) is 0 Å². The van der Waals surface area contributed by atoms with Crippen molar-refractivity contribution in [3.63, 3.8) is 0 Å². The Balaban J connectivity index is 1.63. The first-order chi connectivity index (χ1) is 12.7. The number of carbonyl (C=O) groups excluding carboxylic acids is 1. The molecule has 132 valence electrons. The van der Waals surface area contributed by atoms with Gasteiger partial charge in [-0.25, -0.2) is 4.98 Å². The number of aryl methyl sites for hydroxylation is 1. The Hall–Kier alpha value is -2.95. The van der Waals surface area contributed by atoms with Crippen molar-refractivity contribution in [3.05, 3.63) is 71.9 Å². The normalized spacial score (nSPS) is 17.3. The minimum Gasteiger partial charge on any atom is -0.342 e. The van der Waals surface area contributed by atoms with Gasteiger partial charge in [0.2, 0.25) is 0 Å².